The highest BCUT2D eigenvalue weighted by molar-refractivity contribution is 5.73. The number of urea groups is 1. The number of aromatic nitrogens is 2. The van der Waals surface area contributed by atoms with Crippen LogP contribution in [0.4, 0.5) is 4.79 Å². The van der Waals surface area contributed by atoms with Gasteiger partial charge in [0.15, 0.2) is 0 Å². The van der Waals surface area contributed by atoms with Crippen molar-refractivity contribution in [2.24, 2.45) is 13.0 Å². The maximum Gasteiger partial charge on any atom is 0.314 e. The van der Waals surface area contributed by atoms with E-state index in [4.69, 9.17) is 0 Å². The van der Waals surface area contributed by atoms with Gasteiger partial charge in [-0.05, 0) is 38.8 Å². The van der Waals surface area contributed by atoms with Crippen LogP contribution < -0.4 is 10.6 Å². The molecule has 1 aromatic rings. The van der Waals surface area contributed by atoms with E-state index < -0.39 is 5.60 Å². The molecule has 0 aliphatic carbocycles. The van der Waals surface area contributed by atoms with Gasteiger partial charge in [0.05, 0.1) is 12.7 Å². The van der Waals surface area contributed by atoms with Crippen LogP contribution in [-0.4, -0.2) is 58.5 Å². The molecular formula is C16H29N5O2. The minimum Gasteiger partial charge on any atom is -0.383 e. The second-order valence-corrected chi connectivity index (χ2v) is 6.81. The summed E-state index contributed by atoms with van der Waals surface area (Å²) >= 11 is 0. The van der Waals surface area contributed by atoms with Crippen molar-refractivity contribution in [2.75, 3.05) is 32.7 Å². The van der Waals surface area contributed by atoms with Gasteiger partial charge in [-0.25, -0.2) is 4.79 Å². The van der Waals surface area contributed by atoms with E-state index in [2.05, 4.69) is 27.6 Å². The number of carbonyl (C=O) groups is 1. The largest absolute Gasteiger partial charge is 0.383 e. The predicted octanol–water partition coefficient (Wildman–Crippen LogP) is 0.659. The van der Waals surface area contributed by atoms with Crippen LogP contribution in [0.3, 0.4) is 0 Å². The molecule has 2 amide bonds. The summed E-state index contributed by atoms with van der Waals surface area (Å²) in [5, 5.41) is 20.0. The zero-order valence-corrected chi connectivity index (χ0v) is 14.4. The Morgan fingerprint density at radius 2 is 2.13 bits per heavy atom. The Morgan fingerprint density at radius 3 is 2.74 bits per heavy atom. The SMILES string of the molecule is CC1CCN(CCNC(=O)NCC(C)(O)c2cnn(C)c2)CC1. The van der Waals surface area contributed by atoms with E-state index in [0.717, 1.165) is 25.6 Å². The Hall–Kier alpha value is -1.60. The topological polar surface area (TPSA) is 82.4 Å². The predicted molar refractivity (Wildman–Crippen MR) is 89.0 cm³/mol. The highest BCUT2D eigenvalue weighted by Crippen LogP contribution is 2.18. The Morgan fingerprint density at radius 1 is 1.43 bits per heavy atom. The Balaban J connectivity index is 1.65. The van der Waals surface area contributed by atoms with Crippen molar-refractivity contribution in [3.8, 4) is 0 Å². The van der Waals surface area contributed by atoms with Gasteiger partial charge in [0.1, 0.15) is 5.60 Å². The van der Waals surface area contributed by atoms with E-state index in [-0.39, 0.29) is 12.6 Å². The molecule has 0 bridgehead atoms. The van der Waals surface area contributed by atoms with E-state index in [1.807, 2.05) is 0 Å². The van der Waals surface area contributed by atoms with Crippen LogP contribution in [-0.2, 0) is 12.6 Å². The number of amides is 2. The average Bonchev–Trinajstić information content (AvgIpc) is 2.95. The van der Waals surface area contributed by atoms with Crippen LogP contribution in [0.25, 0.3) is 0 Å². The Kier molecular flexibility index (Phi) is 6.01. The first-order chi connectivity index (χ1) is 10.9. The summed E-state index contributed by atoms with van der Waals surface area (Å²) in [6.07, 6.45) is 5.83. The van der Waals surface area contributed by atoms with Crippen LogP contribution >= 0.6 is 0 Å². The van der Waals surface area contributed by atoms with E-state index in [9.17, 15) is 9.90 Å². The number of aryl methyl sites for hydroxylation is 1. The number of aliphatic hydroxyl groups is 1. The van der Waals surface area contributed by atoms with E-state index in [0.29, 0.717) is 12.1 Å². The molecule has 2 heterocycles. The van der Waals surface area contributed by atoms with Gasteiger partial charge in [0.25, 0.3) is 0 Å². The first-order valence-electron chi connectivity index (χ1n) is 8.32. The van der Waals surface area contributed by atoms with Crippen molar-refractivity contribution in [3.05, 3.63) is 18.0 Å². The smallest absolute Gasteiger partial charge is 0.314 e. The molecule has 130 valence electrons. The van der Waals surface area contributed by atoms with Gasteiger partial charge in [-0.1, -0.05) is 6.92 Å². The van der Waals surface area contributed by atoms with E-state index >= 15 is 0 Å². The van der Waals surface area contributed by atoms with Crippen LogP contribution in [0.15, 0.2) is 12.4 Å². The molecule has 0 saturated carbocycles. The molecule has 0 aromatic carbocycles. The molecule has 2 rings (SSSR count). The second kappa shape index (κ2) is 7.79. The first kappa shape index (κ1) is 17.7. The molecule has 1 aromatic heterocycles. The lowest BCUT2D eigenvalue weighted by Crippen LogP contribution is -2.46. The molecular weight excluding hydrogens is 294 g/mol. The van der Waals surface area contributed by atoms with Gasteiger partial charge in [0, 0.05) is 31.9 Å². The summed E-state index contributed by atoms with van der Waals surface area (Å²) in [6, 6.07) is -0.250. The highest BCUT2D eigenvalue weighted by Gasteiger charge is 2.25. The van der Waals surface area contributed by atoms with Gasteiger partial charge in [-0.3, -0.25) is 4.68 Å². The van der Waals surface area contributed by atoms with Gasteiger partial charge < -0.3 is 20.6 Å². The maximum absolute atomic E-state index is 11.8. The zero-order valence-electron chi connectivity index (χ0n) is 14.4. The van der Waals surface area contributed by atoms with Crippen LogP contribution in [0.5, 0.6) is 0 Å². The summed E-state index contributed by atoms with van der Waals surface area (Å²) in [4.78, 5) is 14.2. The van der Waals surface area contributed by atoms with E-state index in [1.54, 1.807) is 31.0 Å². The lowest BCUT2D eigenvalue weighted by Gasteiger charge is -2.30. The lowest BCUT2D eigenvalue weighted by molar-refractivity contribution is 0.0593. The van der Waals surface area contributed by atoms with Crippen molar-refractivity contribution in [1.82, 2.24) is 25.3 Å². The van der Waals surface area contributed by atoms with Crippen LogP contribution in [0.1, 0.15) is 32.3 Å². The summed E-state index contributed by atoms with van der Waals surface area (Å²) in [7, 11) is 1.79. The van der Waals surface area contributed by atoms with Gasteiger partial charge in [0.2, 0.25) is 0 Å². The third-order valence-electron chi connectivity index (χ3n) is 4.51. The number of nitrogens with one attached hydrogen (secondary N) is 2. The lowest BCUT2D eigenvalue weighted by atomic mass is 9.99. The number of nitrogens with zero attached hydrogens (tertiary/aromatic N) is 3. The fraction of sp³-hybridized carbons (Fsp3) is 0.750. The van der Waals surface area contributed by atoms with Crippen molar-refractivity contribution in [3.63, 3.8) is 0 Å². The van der Waals surface area contributed by atoms with Crippen molar-refractivity contribution < 1.29 is 9.90 Å². The minimum atomic E-state index is -1.13. The molecule has 1 atom stereocenters. The average molecular weight is 323 g/mol. The molecule has 7 heteroatoms. The van der Waals surface area contributed by atoms with Crippen molar-refractivity contribution in [1.29, 1.82) is 0 Å². The quantitative estimate of drug-likeness (QED) is 0.718. The molecule has 1 unspecified atom stereocenters. The van der Waals surface area contributed by atoms with Gasteiger partial charge >= 0.3 is 6.03 Å². The third-order valence-corrected chi connectivity index (χ3v) is 4.51. The number of rotatable bonds is 6. The van der Waals surface area contributed by atoms with E-state index in [1.165, 1.54) is 12.8 Å². The third kappa shape index (κ3) is 5.51. The van der Waals surface area contributed by atoms with Gasteiger partial charge in [-0.2, -0.15) is 5.10 Å². The summed E-state index contributed by atoms with van der Waals surface area (Å²) in [6.45, 7) is 7.82. The molecule has 23 heavy (non-hydrogen) atoms. The molecule has 1 fully saturated rings. The normalized spacial score (nSPS) is 19.3. The molecule has 1 aliphatic heterocycles. The zero-order chi connectivity index (χ0) is 16.9. The Labute approximate surface area is 138 Å². The van der Waals surface area contributed by atoms with Gasteiger partial charge in [-0.15, -0.1) is 0 Å². The summed E-state index contributed by atoms with van der Waals surface area (Å²) in [5.74, 6) is 0.817. The second-order valence-electron chi connectivity index (χ2n) is 6.81. The molecule has 0 radical (unpaired) electrons. The number of likely N-dealkylation sites (tertiary alicyclic amines) is 1. The molecule has 0 spiro atoms. The number of hydrogen-bond acceptors (Lipinski definition) is 4. The Bertz CT molecular complexity index is 506. The standard InChI is InChI=1S/C16H29N5O2/c1-13-4-7-21(8-5-13)9-6-17-15(22)18-12-16(2,23)14-10-19-20(3)11-14/h10-11,13,23H,4-9,12H2,1-3H3,(H2,17,18,22). The fourth-order valence-corrected chi connectivity index (χ4v) is 2.73. The summed E-state index contributed by atoms with van der Waals surface area (Å²) < 4.78 is 1.63. The number of hydrogen-bond donors (Lipinski definition) is 3. The monoisotopic (exact) mass is 323 g/mol. The number of piperidine rings is 1. The molecule has 1 aliphatic rings. The minimum absolute atomic E-state index is 0.145. The fourth-order valence-electron chi connectivity index (χ4n) is 2.73. The number of carbonyl (C=O) groups excluding carboxylic acids is 1. The summed E-state index contributed by atoms with van der Waals surface area (Å²) in [5.41, 5.74) is -0.447. The van der Waals surface area contributed by atoms with Crippen molar-refractivity contribution >= 4 is 6.03 Å². The van der Waals surface area contributed by atoms with Crippen molar-refractivity contribution in [2.45, 2.75) is 32.3 Å². The highest BCUT2D eigenvalue weighted by atomic mass is 16.3. The molecule has 1 saturated heterocycles. The first-order valence-corrected chi connectivity index (χ1v) is 8.32. The molecule has 7 nitrogen and oxygen atoms in total. The molecule has 3 N–H and O–H groups in total. The van der Waals surface area contributed by atoms with Crippen LogP contribution in [0, 0.1) is 5.92 Å². The van der Waals surface area contributed by atoms with Crippen LogP contribution in [0.2, 0.25) is 0 Å². The maximum atomic E-state index is 11.8.